The number of aldehydes is 1. The van der Waals surface area contributed by atoms with Crippen LogP contribution in [0.1, 0.15) is 17.0 Å². The summed E-state index contributed by atoms with van der Waals surface area (Å²) in [6.45, 7) is 3.23. The first-order chi connectivity index (χ1) is 12.5. The van der Waals surface area contributed by atoms with Gasteiger partial charge >= 0.3 is 6.18 Å². The standard InChI is InChI=1S/C19H20F3N3O/c20-19(21,22)17-4-1-5-18(11-17)25-9-7-24(8-10-25)13-16(14-26)15-3-2-6-23-12-15/h1-6,11-12,14,16H,7-10,13H2. The van der Waals surface area contributed by atoms with Crippen LogP contribution >= 0.6 is 0 Å². The zero-order chi connectivity index (χ0) is 18.6. The van der Waals surface area contributed by atoms with E-state index in [-0.39, 0.29) is 5.92 Å². The molecular weight excluding hydrogens is 343 g/mol. The molecule has 1 aromatic heterocycles. The van der Waals surface area contributed by atoms with Crippen LogP contribution in [0.15, 0.2) is 48.8 Å². The van der Waals surface area contributed by atoms with Crippen LogP contribution in [0, 0.1) is 0 Å². The van der Waals surface area contributed by atoms with Crippen molar-refractivity contribution >= 4 is 12.0 Å². The molecule has 138 valence electrons. The molecular formula is C19H20F3N3O. The van der Waals surface area contributed by atoms with Crippen LogP contribution in [0.2, 0.25) is 0 Å². The Hall–Kier alpha value is -2.41. The molecule has 3 rings (SSSR count). The fourth-order valence-corrected chi connectivity index (χ4v) is 3.17. The van der Waals surface area contributed by atoms with Crippen molar-refractivity contribution in [2.75, 3.05) is 37.6 Å². The lowest BCUT2D eigenvalue weighted by molar-refractivity contribution is -0.137. The molecule has 2 heterocycles. The van der Waals surface area contributed by atoms with Gasteiger partial charge in [0, 0.05) is 50.8 Å². The molecule has 1 atom stereocenters. The van der Waals surface area contributed by atoms with E-state index in [1.165, 1.54) is 12.1 Å². The summed E-state index contributed by atoms with van der Waals surface area (Å²) in [6, 6.07) is 9.11. The Morgan fingerprint density at radius 3 is 2.50 bits per heavy atom. The number of hydrogen-bond acceptors (Lipinski definition) is 4. The minimum absolute atomic E-state index is 0.246. The molecule has 2 aromatic rings. The topological polar surface area (TPSA) is 36.4 Å². The van der Waals surface area contributed by atoms with E-state index in [1.807, 2.05) is 11.0 Å². The number of pyridine rings is 1. The molecule has 0 radical (unpaired) electrons. The summed E-state index contributed by atoms with van der Waals surface area (Å²) in [6.07, 6.45) is -0.0495. The van der Waals surface area contributed by atoms with Crippen molar-refractivity contribution in [1.29, 1.82) is 0 Å². The number of benzene rings is 1. The number of aromatic nitrogens is 1. The Morgan fingerprint density at radius 2 is 1.88 bits per heavy atom. The second-order valence-electron chi connectivity index (χ2n) is 6.36. The molecule has 0 aliphatic carbocycles. The molecule has 7 heteroatoms. The first-order valence-corrected chi connectivity index (χ1v) is 8.47. The normalized spacial score (nSPS) is 17.1. The lowest BCUT2D eigenvalue weighted by Gasteiger charge is -2.37. The van der Waals surface area contributed by atoms with Crippen LogP contribution in [0.5, 0.6) is 0 Å². The van der Waals surface area contributed by atoms with E-state index < -0.39 is 11.7 Å². The van der Waals surface area contributed by atoms with Gasteiger partial charge in [0.2, 0.25) is 0 Å². The van der Waals surface area contributed by atoms with Crippen LogP contribution in [-0.4, -0.2) is 48.9 Å². The van der Waals surface area contributed by atoms with Gasteiger partial charge in [-0.25, -0.2) is 0 Å². The molecule has 1 aliphatic heterocycles. The van der Waals surface area contributed by atoms with Crippen molar-refractivity contribution in [2.24, 2.45) is 0 Å². The Morgan fingerprint density at radius 1 is 1.12 bits per heavy atom. The molecule has 26 heavy (non-hydrogen) atoms. The smallest absolute Gasteiger partial charge is 0.369 e. The molecule has 1 fully saturated rings. The van der Waals surface area contributed by atoms with Crippen LogP contribution in [0.4, 0.5) is 18.9 Å². The summed E-state index contributed by atoms with van der Waals surface area (Å²) in [4.78, 5) is 19.6. The summed E-state index contributed by atoms with van der Waals surface area (Å²) >= 11 is 0. The van der Waals surface area contributed by atoms with Crippen LogP contribution < -0.4 is 4.90 Å². The molecule has 1 aromatic carbocycles. The fourth-order valence-electron chi connectivity index (χ4n) is 3.17. The average molecular weight is 363 g/mol. The van der Waals surface area contributed by atoms with Gasteiger partial charge in [-0.05, 0) is 29.8 Å². The van der Waals surface area contributed by atoms with Gasteiger partial charge in [0.05, 0.1) is 11.5 Å². The number of halogens is 3. The SMILES string of the molecule is O=CC(CN1CCN(c2cccc(C(F)(F)F)c2)CC1)c1cccnc1. The van der Waals surface area contributed by atoms with Gasteiger partial charge < -0.3 is 9.69 Å². The summed E-state index contributed by atoms with van der Waals surface area (Å²) in [7, 11) is 0. The lowest BCUT2D eigenvalue weighted by Crippen LogP contribution is -2.47. The maximum atomic E-state index is 12.9. The number of rotatable bonds is 5. The maximum absolute atomic E-state index is 12.9. The summed E-state index contributed by atoms with van der Waals surface area (Å²) in [5, 5.41) is 0. The molecule has 0 saturated carbocycles. The van der Waals surface area contributed by atoms with Crippen molar-refractivity contribution in [3.8, 4) is 0 Å². The number of carbonyl (C=O) groups excluding carboxylic acids is 1. The Bertz CT molecular complexity index is 728. The Labute approximate surface area is 150 Å². The van der Waals surface area contributed by atoms with Gasteiger partial charge in [0.15, 0.2) is 0 Å². The molecule has 1 saturated heterocycles. The summed E-state index contributed by atoms with van der Waals surface area (Å²) in [5.41, 5.74) is 0.830. The van der Waals surface area contributed by atoms with Crippen LogP contribution in [0.25, 0.3) is 0 Å². The minimum atomic E-state index is -4.33. The van der Waals surface area contributed by atoms with E-state index in [0.717, 1.165) is 17.9 Å². The monoisotopic (exact) mass is 363 g/mol. The largest absolute Gasteiger partial charge is 0.416 e. The number of piperazine rings is 1. The van der Waals surface area contributed by atoms with E-state index in [0.29, 0.717) is 38.4 Å². The number of carbonyl (C=O) groups is 1. The van der Waals surface area contributed by atoms with Gasteiger partial charge in [-0.1, -0.05) is 12.1 Å². The lowest BCUT2D eigenvalue weighted by atomic mass is 10.0. The Kier molecular flexibility index (Phi) is 5.56. The van der Waals surface area contributed by atoms with Gasteiger partial charge in [0.1, 0.15) is 6.29 Å². The third-order valence-corrected chi connectivity index (χ3v) is 4.64. The summed E-state index contributed by atoms with van der Waals surface area (Å²) in [5.74, 6) is -0.246. The third kappa shape index (κ3) is 4.40. The zero-order valence-electron chi connectivity index (χ0n) is 14.2. The van der Waals surface area contributed by atoms with Crippen molar-refractivity contribution in [2.45, 2.75) is 12.1 Å². The highest BCUT2D eigenvalue weighted by molar-refractivity contribution is 5.62. The molecule has 0 N–H and O–H groups in total. The molecule has 0 amide bonds. The van der Waals surface area contributed by atoms with Crippen molar-refractivity contribution in [3.63, 3.8) is 0 Å². The molecule has 0 bridgehead atoms. The quantitative estimate of drug-likeness (QED) is 0.765. The number of anilines is 1. The molecule has 0 spiro atoms. The highest BCUT2D eigenvalue weighted by Crippen LogP contribution is 2.32. The van der Waals surface area contributed by atoms with Gasteiger partial charge in [-0.2, -0.15) is 13.2 Å². The fraction of sp³-hybridized carbons (Fsp3) is 0.368. The first-order valence-electron chi connectivity index (χ1n) is 8.47. The predicted octanol–water partition coefficient (Wildman–Crippen LogP) is 3.21. The predicted molar refractivity (Wildman–Crippen MR) is 93.1 cm³/mol. The number of alkyl halides is 3. The van der Waals surface area contributed by atoms with Crippen molar-refractivity contribution in [3.05, 3.63) is 59.9 Å². The van der Waals surface area contributed by atoms with E-state index in [2.05, 4.69) is 9.88 Å². The Balaban J connectivity index is 1.60. The van der Waals surface area contributed by atoms with Crippen LogP contribution in [-0.2, 0) is 11.0 Å². The maximum Gasteiger partial charge on any atom is 0.416 e. The van der Waals surface area contributed by atoms with Gasteiger partial charge in [-0.15, -0.1) is 0 Å². The van der Waals surface area contributed by atoms with E-state index in [1.54, 1.807) is 24.5 Å². The highest BCUT2D eigenvalue weighted by atomic mass is 19.4. The van der Waals surface area contributed by atoms with E-state index in [9.17, 15) is 18.0 Å². The third-order valence-electron chi connectivity index (χ3n) is 4.64. The average Bonchev–Trinajstić information content (AvgIpc) is 2.67. The van der Waals surface area contributed by atoms with Crippen molar-refractivity contribution < 1.29 is 18.0 Å². The minimum Gasteiger partial charge on any atom is -0.369 e. The van der Waals surface area contributed by atoms with Gasteiger partial charge in [-0.3, -0.25) is 9.88 Å². The molecule has 1 unspecified atom stereocenters. The zero-order valence-corrected chi connectivity index (χ0v) is 14.2. The number of hydrogen-bond donors (Lipinski definition) is 0. The summed E-state index contributed by atoms with van der Waals surface area (Å²) < 4.78 is 38.6. The first kappa shape index (κ1) is 18.4. The van der Waals surface area contributed by atoms with E-state index >= 15 is 0 Å². The highest BCUT2D eigenvalue weighted by Gasteiger charge is 2.31. The van der Waals surface area contributed by atoms with Gasteiger partial charge in [0.25, 0.3) is 0 Å². The molecule has 4 nitrogen and oxygen atoms in total. The molecule has 1 aliphatic rings. The van der Waals surface area contributed by atoms with E-state index in [4.69, 9.17) is 0 Å². The van der Waals surface area contributed by atoms with Crippen molar-refractivity contribution in [1.82, 2.24) is 9.88 Å². The van der Waals surface area contributed by atoms with Crippen LogP contribution in [0.3, 0.4) is 0 Å². The second kappa shape index (κ2) is 7.86. The second-order valence-corrected chi connectivity index (χ2v) is 6.36. The number of nitrogens with zero attached hydrogens (tertiary/aromatic N) is 3.